The van der Waals surface area contributed by atoms with Crippen molar-refractivity contribution in [3.05, 3.63) is 18.2 Å². The highest BCUT2D eigenvalue weighted by Gasteiger charge is 2.16. The summed E-state index contributed by atoms with van der Waals surface area (Å²) in [5.74, 6) is 1.61. The highest BCUT2D eigenvalue weighted by Crippen LogP contribution is 2.28. The third kappa shape index (κ3) is 3.75. The Labute approximate surface area is 114 Å². The summed E-state index contributed by atoms with van der Waals surface area (Å²) in [7, 11) is 5.48. The van der Waals surface area contributed by atoms with Crippen molar-refractivity contribution in [2.75, 3.05) is 52.8 Å². The molecule has 5 nitrogen and oxygen atoms in total. The van der Waals surface area contributed by atoms with E-state index in [1.807, 2.05) is 18.2 Å². The highest BCUT2D eigenvalue weighted by atomic mass is 16.5. The Morgan fingerprint density at radius 1 is 1.37 bits per heavy atom. The van der Waals surface area contributed by atoms with E-state index in [2.05, 4.69) is 22.6 Å². The number of ether oxygens (including phenoxy) is 2. The van der Waals surface area contributed by atoms with Crippen LogP contribution in [0, 0.1) is 0 Å². The quantitative estimate of drug-likeness (QED) is 0.832. The SMILES string of the molecule is COc1ccc(NCC2CN(C)CCN2)c(OC)c1. The molecule has 1 aliphatic heterocycles. The van der Waals surface area contributed by atoms with Gasteiger partial charge in [0.05, 0.1) is 19.9 Å². The molecule has 1 aromatic rings. The first-order chi connectivity index (χ1) is 9.22. The first-order valence-corrected chi connectivity index (χ1v) is 6.60. The van der Waals surface area contributed by atoms with Crippen LogP contribution in [0.2, 0.25) is 0 Å². The normalized spacial score (nSPS) is 20.1. The summed E-state index contributed by atoms with van der Waals surface area (Å²) in [6.07, 6.45) is 0. The molecule has 5 heteroatoms. The third-order valence-corrected chi connectivity index (χ3v) is 3.41. The summed E-state index contributed by atoms with van der Waals surface area (Å²) in [6.45, 7) is 4.10. The Bertz CT molecular complexity index is 412. The molecular formula is C14H23N3O2. The standard InChI is InChI=1S/C14H23N3O2/c1-17-7-6-15-11(10-17)9-16-13-5-4-12(18-2)8-14(13)19-3/h4-5,8,11,15-16H,6-7,9-10H2,1-3H3. The second-order valence-corrected chi connectivity index (χ2v) is 4.86. The lowest BCUT2D eigenvalue weighted by Crippen LogP contribution is -2.51. The fourth-order valence-electron chi connectivity index (χ4n) is 2.31. The summed E-state index contributed by atoms with van der Waals surface area (Å²) >= 11 is 0. The van der Waals surface area contributed by atoms with Crippen molar-refractivity contribution in [1.82, 2.24) is 10.2 Å². The smallest absolute Gasteiger partial charge is 0.145 e. The number of piperazine rings is 1. The topological polar surface area (TPSA) is 45.8 Å². The first-order valence-electron chi connectivity index (χ1n) is 6.60. The molecular weight excluding hydrogens is 242 g/mol. The van der Waals surface area contributed by atoms with Gasteiger partial charge >= 0.3 is 0 Å². The largest absolute Gasteiger partial charge is 0.497 e. The third-order valence-electron chi connectivity index (χ3n) is 3.41. The summed E-state index contributed by atoms with van der Waals surface area (Å²) in [4.78, 5) is 2.34. The lowest BCUT2D eigenvalue weighted by atomic mass is 10.2. The van der Waals surface area contributed by atoms with E-state index in [9.17, 15) is 0 Å². The van der Waals surface area contributed by atoms with E-state index in [0.717, 1.165) is 43.4 Å². The molecule has 0 spiro atoms. The maximum atomic E-state index is 5.38. The number of methoxy groups -OCH3 is 2. The molecule has 2 rings (SSSR count). The van der Waals surface area contributed by atoms with E-state index in [1.165, 1.54) is 0 Å². The number of rotatable bonds is 5. The predicted molar refractivity (Wildman–Crippen MR) is 77.3 cm³/mol. The van der Waals surface area contributed by atoms with Crippen LogP contribution in [-0.4, -0.2) is 58.4 Å². The van der Waals surface area contributed by atoms with Crippen LogP contribution in [-0.2, 0) is 0 Å². The maximum Gasteiger partial charge on any atom is 0.145 e. The van der Waals surface area contributed by atoms with Crippen molar-refractivity contribution in [3.8, 4) is 11.5 Å². The molecule has 1 fully saturated rings. The van der Waals surface area contributed by atoms with Crippen molar-refractivity contribution < 1.29 is 9.47 Å². The minimum Gasteiger partial charge on any atom is -0.497 e. The molecule has 0 aromatic heterocycles. The lowest BCUT2D eigenvalue weighted by Gasteiger charge is -2.31. The van der Waals surface area contributed by atoms with Gasteiger partial charge in [0, 0.05) is 38.3 Å². The minimum absolute atomic E-state index is 0.463. The van der Waals surface area contributed by atoms with Gasteiger partial charge in [-0.2, -0.15) is 0 Å². The van der Waals surface area contributed by atoms with Gasteiger partial charge in [0.1, 0.15) is 11.5 Å². The van der Waals surface area contributed by atoms with Crippen LogP contribution >= 0.6 is 0 Å². The van der Waals surface area contributed by atoms with Gasteiger partial charge in [0.2, 0.25) is 0 Å². The molecule has 0 saturated carbocycles. The average Bonchev–Trinajstić information content (AvgIpc) is 2.45. The maximum absolute atomic E-state index is 5.38. The van der Waals surface area contributed by atoms with Crippen molar-refractivity contribution in [2.24, 2.45) is 0 Å². The molecule has 1 unspecified atom stereocenters. The zero-order valence-corrected chi connectivity index (χ0v) is 11.9. The van der Waals surface area contributed by atoms with Gasteiger partial charge in [-0.1, -0.05) is 0 Å². The second-order valence-electron chi connectivity index (χ2n) is 4.86. The number of hydrogen-bond donors (Lipinski definition) is 2. The summed E-state index contributed by atoms with van der Waals surface area (Å²) in [5, 5.41) is 6.95. The van der Waals surface area contributed by atoms with Gasteiger partial charge in [-0.3, -0.25) is 0 Å². The molecule has 0 radical (unpaired) electrons. The van der Waals surface area contributed by atoms with Crippen LogP contribution in [0.25, 0.3) is 0 Å². The molecule has 19 heavy (non-hydrogen) atoms. The fraction of sp³-hybridized carbons (Fsp3) is 0.571. The molecule has 1 aromatic carbocycles. The summed E-state index contributed by atoms with van der Waals surface area (Å²) in [6, 6.07) is 6.28. The highest BCUT2D eigenvalue weighted by molar-refractivity contribution is 5.59. The Morgan fingerprint density at radius 3 is 2.89 bits per heavy atom. The van der Waals surface area contributed by atoms with E-state index >= 15 is 0 Å². The molecule has 1 heterocycles. The van der Waals surface area contributed by atoms with Crippen molar-refractivity contribution >= 4 is 5.69 Å². The van der Waals surface area contributed by atoms with Gasteiger partial charge in [0.25, 0.3) is 0 Å². The number of benzene rings is 1. The van der Waals surface area contributed by atoms with Crippen LogP contribution in [0.4, 0.5) is 5.69 Å². The predicted octanol–water partition coefficient (Wildman–Crippen LogP) is 1.02. The Kier molecular flexibility index (Phi) is 4.87. The van der Waals surface area contributed by atoms with Gasteiger partial charge < -0.3 is 25.0 Å². The van der Waals surface area contributed by atoms with Crippen LogP contribution in [0.3, 0.4) is 0 Å². The minimum atomic E-state index is 0.463. The van der Waals surface area contributed by atoms with Crippen LogP contribution in [0.5, 0.6) is 11.5 Å². The lowest BCUT2D eigenvalue weighted by molar-refractivity contribution is 0.244. The van der Waals surface area contributed by atoms with Crippen LogP contribution in [0.1, 0.15) is 0 Å². The molecule has 1 atom stereocenters. The van der Waals surface area contributed by atoms with Gasteiger partial charge in [-0.05, 0) is 19.2 Å². The van der Waals surface area contributed by atoms with E-state index in [1.54, 1.807) is 14.2 Å². The van der Waals surface area contributed by atoms with E-state index in [0.29, 0.717) is 6.04 Å². The van der Waals surface area contributed by atoms with Crippen molar-refractivity contribution in [2.45, 2.75) is 6.04 Å². The molecule has 1 aliphatic rings. The zero-order valence-electron chi connectivity index (χ0n) is 11.9. The molecule has 0 aliphatic carbocycles. The zero-order chi connectivity index (χ0) is 13.7. The first kappa shape index (κ1) is 14.0. The number of anilines is 1. The van der Waals surface area contributed by atoms with Crippen molar-refractivity contribution in [1.29, 1.82) is 0 Å². The Morgan fingerprint density at radius 2 is 2.21 bits per heavy atom. The molecule has 0 bridgehead atoms. The number of hydrogen-bond acceptors (Lipinski definition) is 5. The molecule has 0 amide bonds. The molecule has 106 valence electrons. The van der Waals surface area contributed by atoms with Crippen LogP contribution < -0.4 is 20.1 Å². The molecule has 1 saturated heterocycles. The average molecular weight is 265 g/mol. The van der Waals surface area contributed by atoms with Gasteiger partial charge in [0.15, 0.2) is 0 Å². The number of likely N-dealkylation sites (N-methyl/N-ethyl adjacent to an activating group) is 1. The van der Waals surface area contributed by atoms with Crippen molar-refractivity contribution in [3.63, 3.8) is 0 Å². The van der Waals surface area contributed by atoms with Gasteiger partial charge in [-0.25, -0.2) is 0 Å². The summed E-state index contributed by atoms with van der Waals surface area (Å²) in [5.41, 5.74) is 0.998. The Balaban J connectivity index is 1.95. The fourth-order valence-corrected chi connectivity index (χ4v) is 2.31. The molecule has 2 N–H and O–H groups in total. The van der Waals surface area contributed by atoms with E-state index in [-0.39, 0.29) is 0 Å². The van der Waals surface area contributed by atoms with E-state index in [4.69, 9.17) is 9.47 Å². The summed E-state index contributed by atoms with van der Waals surface area (Å²) < 4.78 is 10.6. The number of nitrogens with zero attached hydrogens (tertiary/aromatic N) is 1. The Hall–Kier alpha value is -1.46. The van der Waals surface area contributed by atoms with Gasteiger partial charge in [-0.15, -0.1) is 0 Å². The monoisotopic (exact) mass is 265 g/mol. The number of nitrogens with one attached hydrogen (secondary N) is 2. The second kappa shape index (κ2) is 6.63. The van der Waals surface area contributed by atoms with Crippen LogP contribution in [0.15, 0.2) is 18.2 Å². The van der Waals surface area contributed by atoms with E-state index < -0.39 is 0 Å².